The topological polar surface area (TPSA) is 107 Å². The lowest BCUT2D eigenvalue weighted by atomic mass is 9.87. The zero-order chi connectivity index (χ0) is 18.4. The third-order valence-electron chi connectivity index (χ3n) is 3.72. The Morgan fingerprint density at radius 3 is 2.38 bits per heavy atom. The van der Waals surface area contributed by atoms with Gasteiger partial charge in [0.1, 0.15) is 6.10 Å². The highest BCUT2D eigenvalue weighted by Gasteiger charge is 2.33. The molecular weight excluding hydrogens is 332 g/mol. The highest BCUT2D eigenvalue weighted by molar-refractivity contribution is 7.92. The molecule has 1 aromatic carbocycles. The Balaban J connectivity index is 2.67. The van der Waals surface area contributed by atoms with Gasteiger partial charge in [0.25, 0.3) is 0 Å². The van der Waals surface area contributed by atoms with Crippen LogP contribution in [0.3, 0.4) is 0 Å². The monoisotopic (exact) mass is 358 g/mol. The fraction of sp³-hybridized carbons (Fsp3) is 0.562. The summed E-state index contributed by atoms with van der Waals surface area (Å²) in [5, 5.41) is 21.4. The van der Waals surface area contributed by atoms with Crippen LogP contribution in [0.4, 0.5) is 5.69 Å². The maximum absolute atomic E-state index is 12.4. The van der Waals surface area contributed by atoms with Gasteiger partial charge in [0.15, 0.2) is 0 Å². The molecule has 0 unspecified atom stereocenters. The molecular formula is C16H26N2O5S. The van der Waals surface area contributed by atoms with Crippen LogP contribution in [-0.2, 0) is 14.8 Å². The quantitative estimate of drug-likeness (QED) is 0.590. The zero-order valence-electron chi connectivity index (χ0n) is 14.3. The number of para-hydroxylation sites is 1. The van der Waals surface area contributed by atoms with Crippen LogP contribution in [-0.4, -0.2) is 56.1 Å². The van der Waals surface area contributed by atoms with E-state index in [4.69, 9.17) is 5.11 Å². The van der Waals surface area contributed by atoms with E-state index in [0.29, 0.717) is 5.69 Å². The van der Waals surface area contributed by atoms with Gasteiger partial charge < -0.3 is 15.5 Å². The van der Waals surface area contributed by atoms with Crippen molar-refractivity contribution in [3.63, 3.8) is 0 Å². The Morgan fingerprint density at radius 1 is 1.29 bits per heavy atom. The number of hydrogen-bond acceptors (Lipinski definition) is 5. The summed E-state index contributed by atoms with van der Waals surface area (Å²) in [4.78, 5) is 11.9. The third kappa shape index (κ3) is 5.19. The number of carbonyl (C=O) groups is 1. The van der Waals surface area contributed by atoms with Crippen LogP contribution >= 0.6 is 0 Å². The van der Waals surface area contributed by atoms with Gasteiger partial charge >= 0.3 is 0 Å². The molecule has 8 heteroatoms. The van der Waals surface area contributed by atoms with E-state index >= 15 is 0 Å². The predicted octanol–water partition coefficient (Wildman–Crippen LogP) is 0.338. The Hall–Kier alpha value is -1.64. The number of aliphatic hydroxyl groups is 2. The molecule has 1 atom stereocenters. The van der Waals surface area contributed by atoms with E-state index in [0.717, 1.165) is 0 Å². The van der Waals surface area contributed by atoms with Gasteiger partial charge in [0.05, 0.1) is 18.0 Å². The number of aliphatic hydroxyl groups excluding tert-OH is 2. The van der Waals surface area contributed by atoms with Crippen molar-refractivity contribution in [2.24, 2.45) is 5.41 Å². The minimum Gasteiger partial charge on any atom is -0.396 e. The summed E-state index contributed by atoms with van der Waals surface area (Å²) < 4.78 is 26.1. The Morgan fingerprint density at radius 2 is 1.88 bits per heavy atom. The average Bonchev–Trinajstić information content (AvgIpc) is 2.55. The Kier molecular flexibility index (Phi) is 7.19. The van der Waals surface area contributed by atoms with Crippen LogP contribution in [0, 0.1) is 5.41 Å². The van der Waals surface area contributed by atoms with Gasteiger partial charge in [-0.2, -0.15) is 0 Å². The first kappa shape index (κ1) is 20.4. The molecule has 0 bridgehead atoms. The molecule has 0 spiro atoms. The molecule has 0 heterocycles. The molecule has 1 rings (SSSR count). The van der Waals surface area contributed by atoms with E-state index in [9.17, 15) is 18.3 Å². The summed E-state index contributed by atoms with van der Waals surface area (Å²) in [6.07, 6.45) is -1.42. The highest BCUT2D eigenvalue weighted by atomic mass is 32.2. The molecule has 3 N–H and O–H groups in total. The molecule has 7 nitrogen and oxygen atoms in total. The standard InChI is InChI=1S/C16H26N2O5S/c1-4-18(13-8-6-5-7-9-13)24(22,23)11-10-17-15(21)14(20)16(2,3)12-19/h5-9,14,19-20H,4,10-12H2,1-3H3,(H,17,21)/t14-/m1/s1. The molecule has 0 aliphatic rings. The SMILES string of the molecule is CCN(c1ccccc1)S(=O)(=O)CCNC(=O)[C@@H](O)C(C)(C)CO. The van der Waals surface area contributed by atoms with E-state index in [-0.39, 0.29) is 25.4 Å². The summed E-state index contributed by atoms with van der Waals surface area (Å²) in [7, 11) is -3.60. The maximum Gasteiger partial charge on any atom is 0.249 e. The number of sulfonamides is 1. The van der Waals surface area contributed by atoms with Crippen LogP contribution in [0.1, 0.15) is 20.8 Å². The van der Waals surface area contributed by atoms with Crippen molar-refractivity contribution in [2.45, 2.75) is 26.9 Å². The van der Waals surface area contributed by atoms with Gasteiger partial charge in [-0.05, 0) is 19.1 Å². The molecule has 136 valence electrons. The summed E-state index contributed by atoms with van der Waals surface area (Å²) in [6.45, 7) is 4.61. The lowest BCUT2D eigenvalue weighted by molar-refractivity contribution is -0.136. The second-order valence-electron chi connectivity index (χ2n) is 6.16. The first-order valence-electron chi connectivity index (χ1n) is 7.78. The van der Waals surface area contributed by atoms with Crippen molar-refractivity contribution in [1.82, 2.24) is 5.32 Å². The largest absolute Gasteiger partial charge is 0.396 e. The van der Waals surface area contributed by atoms with Gasteiger partial charge in [0.2, 0.25) is 15.9 Å². The van der Waals surface area contributed by atoms with E-state index in [1.807, 2.05) is 0 Å². The molecule has 0 aromatic heterocycles. The molecule has 0 aliphatic carbocycles. The number of benzene rings is 1. The van der Waals surface area contributed by atoms with Crippen molar-refractivity contribution in [2.75, 3.05) is 29.8 Å². The lowest BCUT2D eigenvalue weighted by Crippen LogP contribution is -2.47. The van der Waals surface area contributed by atoms with Crippen LogP contribution in [0.2, 0.25) is 0 Å². The van der Waals surface area contributed by atoms with E-state index in [1.54, 1.807) is 51.1 Å². The third-order valence-corrected chi connectivity index (χ3v) is 5.58. The molecule has 0 saturated heterocycles. The summed E-state index contributed by atoms with van der Waals surface area (Å²) in [5.74, 6) is -0.986. The van der Waals surface area contributed by atoms with Crippen molar-refractivity contribution < 1.29 is 23.4 Å². The minimum atomic E-state index is -3.60. The van der Waals surface area contributed by atoms with Crippen LogP contribution in [0.25, 0.3) is 0 Å². The lowest BCUT2D eigenvalue weighted by Gasteiger charge is -2.27. The van der Waals surface area contributed by atoms with Gasteiger partial charge in [-0.1, -0.05) is 32.0 Å². The first-order chi connectivity index (χ1) is 11.2. The molecule has 24 heavy (non-hydrogen) atoms. The Labute approximate surface area is 143 Å². The number of nitrogens with one attached hydrogen (secondary N) is 1. The number of nitrogens with zero attached hydrogens (tertiary/aromatic N) is 1. The molecule has 0 aliphatic heterocycles. The van der Waals surface area contributed by atoms with Gasteiger partial charge in [0, 0.05) is 18.5 Å². The number of anilines is 1. The first-order valence-corrected chi connectivity index (χ1v) is 9.38. The fourth-order valence-electron chi connectivity index (χ4n) is 2.09. The van der Waals surface area contributed by atoms with E-state index in [2.05, 4.69) is 5.32 Å². The van der Waals surface area contributed by atoms with Crippen molar-refractivity contribution >= 4 is 21.6 Å². The fourth-order valence-corrected chi connectivity index (χ4v) is 3.50. The predicted molar refractivity (Wildman–Crippen MR) is 93.1 cm³/mol. The molecule has 1 aromatic rings. The van der Waals surface area contributed by atoms with Crippen LogP contribution in [0.5, 0.6) is 0 Å². The zero-order valence-corrected chi connectivity index (χ0v) is 15.1. The second-order valence-corrected chi connectivity index (χ2v) is 8.17. The van der Waals surface area contributed by atoms with Crippen molar-refractivity contribution in [1.29, 1.82) is 0 Å². The second kappa shape index (κ2) is 8.46. The molecule has 1 amide bonds. The summed E-state index contributed by atoms with van der Waals surface area (Å²) >= 11 is 0. The number of carbonyl (C=O) groups excluding carboxylic acids is 1. The maximum atomic E-state index is 12.4. The molecule has 0 radical (unpaired) electrons. The van der Waals surface area contributed by atoms with Crippen LogP contribution < -0.4 is 9.62 Å². The normalized spacial score (nSPS) is 13.4. The van der Waals surface area contributed by atoms with Gasteiger partial charge in [-0.15, -0.1) is 0 Å². The number of rotatable bonds is 9. The number of hydrogen-bond donors (Lipinski definition) is 3. The van der Waals surface area contributed by atoms with E-state index in [1.165, 1.54) is 4.31 Å². The van der Waals surface area contributed by atoms with Crippen LogP contribution in [0.15, 0.2) is 30.3 Å². The summed E-state index contributed by atoms with van der Waals surface area (Å²) in [6, 6.07) is 8.71. The number of amides is 1. The molecule has 0 saturated carbocycles. The van der Waals surface area contributed by atoms with Crippen molar-refractivity contribution in [3.05, 3.63) is 30.3 Å². The summed E-state index contributed by atoms with van der Waals surface area (Å²) in [5.41, 5.74) is -0.435. The minimum absolute atomic E-state index is 0.122. The van der Waals surface area contributed by atoms with Gasteiger partial charge in [-0.3, -0.25) is 9.10 Å². The molecule has 0 fully saturated rings. The van der Waals surface area contributed by atoms with E-state index < -0.39 is 27.4 Å². The smallest absolute Gasteiger partial charge is 0.249 e. The highest BCUT2D eigenvalue weighted by Crippen LogP contribution is 2.20. The average molecular weight is 358 g/mol. The Bertz CT molecular complexity index is 631. The van der Waals surface area contributed by atoms with Gasteiger partial charge in [-0.25, -0.2) is 8.42 Å². The van der Waals surface area contributed by atoms with Crippen molar-refractivity contribution in [3.8, 4) is 0 Å².